The predicted molar refractivity (Wildman–Crippen MR) is 121 cm³/mol. The molecule has 1 fully saturated rings. The Kier molecular flexibility index (Phi) is 5.40. The van der Waals surface area contributed by atoms with E-state index in [1.165, 1.54) is 11.8 Å². The van der Waals surface area contributed by atoms with Gasteiger partial charge in [0.15, 0.2) is 0 Å². The Morgan fingerprint density at radius 3 is 2.50 bits per heavy atom. The molecule has 2 aromatic carbocycles. The zero-order chi connectivity index (χ0) is 19.8. The van der Waals surface area contributed by atoms with Crippen LogP contribution in [0.4, 0.5) is 5.69 Å². The number of rotatable bonds is 4. The van der Waals surface area contributed by atoms with Gasteiger partial charge in [-0.3, -0.25) is 14.5 Å². The first-order valence-electron chi connectivity index (χ1n) is 8.95. The Bertz CT molecular complexity index is 1020. The molecule has 0 bridgehead atoms. The Labute approximate surface area is 181 Å². The van der Waals surface area contributed by atoms with Gasteiger partial charge in [-0.05, 0) is 30.2 Å². The van der Waals surface area contributed by atoms with Crippen molar-refractivity contribution >= 4 is 67.3 Å². The number of nitrogens with zero attached hydrogens (tertiary/aromatic N) is 2. The van der Waals surface area contributed by atoms with Gasteiger partial charge in [0.1, 0.15) is 4.32 Å². The molecule has 142 valence electrons. The second-order valence-electron chi connectivity index (χ2n) is 6.57. The number of halogens is 1. The van der Waals surface area contributed by atoms with Gasteiger partial charge in [-0.1, -0.05) is 77.2 Å². The zero-order valence-electron chi connectivity index (χ0n) is 15.1. The van der Waals surface area contributed by atoms with Gasteiger partial charge in [0.2, 0.25) is 0 Å². The molecule has 2 aliphatic rings. The maximum Gasteiger partial charge on any atom is 0.267 e. The minimum absolute atomic E-state index is 0.129. The largest absolute Gasteiger partial charge is 0.308 e. The van der Waals surface area contributed by atoms with E-state index in [1.807, 2.05) is 55.5 Å². The highest BCUT2D eigenvalue weighted by Gasteiger charge is 2.41. The van der Waals surface area contributed by atoms with Crippen LogP contribution in [0.5, 0.6) is 0 Å². The summed E-state index contributed by atoms with van der Waals surface area (Å²) in [5.41, 5.74) is 3.09. The normalized spacial score (nSPS) is 19.0. The summed E-state index contributed by atoms with van der Waals surface area (Å²) in [7, 11) is 0. The molecule has 0 unspecified atom stereocenters. The van der Waals surface area contributed by atoms with Crippen molar-refractivity contribution < 1.29 is 9.59 Å². The molecule has 0 aromatic heterocycles. The highest BCUT2D eigenvalue weighted by atomic mass is 79.9. The smallest absolute Gasteiger partial charge is 0.267 e. The molecule has 4 rings (SSSR count). The van der Waals surface area contributed by atoms with Crippen LogP contribution >= 0.6 is 39.9 Å². The second kappa shape index (κ2) is 7.81. The van der Waals surface area contributed by atoms with Crippen LogP contribution in [0, 0.1) is 0 Å². The third-order valence-corrected chi connectivity index (χ3v) is 6.63. The van der Waals surface area contributed by atoms with Crippen LogP contribution in [-0.2, 0) is 16.1 Å². The van der Waals surface area contributed by atoms with Gasteiger partial charge in [0.25, 0.3) is 11.8 Å². The van der Waals surface area contributed by atoms with Crippen LogP contribution in [0.1, 0.15) is 24.5 Å². The Morgan fingerprint density at radius 2 is 1.79 bits per heavy atom. The molecule has 2 aliphatic heterocycles. The molecule has 4 nitrogen and oxygen atoms in total. The zero-order valence-corrected chi connectivity index (χ0v) is 18.4. The van der Waals surface area contributed by atoms with Gasteiger partial charge in [-0.25, -0.2) is 0 Å². The molecule has 0 saturated carbocycles. The van der Waals surface area contributed by atoms with Crippen molar-refractivity contribution in [2.45, 2.75) is 19.9 Å². The molecule has 28 heavy (non-hydrogen) atoms. The number of carbonyl (C=O) groups is 2. The Morgan fingerprint density at radius 1 is 1.04 bits per heavy atom. The average molecular weight is 473 g/mol. The highest BCUT2D eigenvalue weighted by molar-refractivity contribution is 9.10. The van der Waals surface area contributed by atoms with Crippen molar-refractivity contribution in [2.24, 2.45) is 0 Å². The van der Waals surface area contributed by atoms with Crippen LogP contribution in [0.2, 0.25) is 0 Å². The van der Waals surface area contributed by atoms with E-state index in [0.717, 1.165) is 27.7 Å². The minimum atomic E-state index is -0.202. The monoisotopic (exact) mass is 472 g/mol. The lowest BCUT2D eigenvalue weighted by Gasteiger charge is -2.15. The molecule has 0 spiro atoms. The van der Waals surface area contributed by atoms with Crippen molar-refractivity contribution in [1.82, 2.24) is 4.90 Å². The van der Waals surface area contributed by atoms with Crippen LogP contribution in [0.15, 0.2) is 57.9 Å². The molecule has 2 heterocycles. The fourth-order valence-corrected chi connectivity index (χ4v) is 5.11. The molecule has 0 N–H and O–H groups in total. The van der Waals surface area contributed by atoms with Crippen LogP contribution < -0.4 is 4.90 Å². The summed E-state index contributed by atoms with van der Waals surface area (Å²) in [5, 5.41) is 0. The fourth-order valence-electron chi connectivity index (χ4n) is 3.42. The molecular formula is C21H17BrN2O2S2. The van der Waals surface area contributed by atoms with Crippen molar-refractivity contribution in [3.8, 4) is 0 Å². The predicted octanol–water partition coefficient (Wildman–Crippen LogP) is 4.98. The van der Waals surface area contributed by atoms with Gasteiger partial charge in [0, 0.05) is 16.6 Å². The van der Waals surface area contributed by atoms with E-state index < -0.39 is 0 Å². The van der Waals surface area contributed by atoms with Gasteiger partial charge < -0.3 is 4.90 Å². The number of thioether (sulfide) groups is 1. The van der Waals surface area contributed by atoms with Gasteiger partial charge in [-0.2, -0.15) is 0 Å². The van der Waals surface area contributed by atoms with Crippen molar-refractivity contribution in [3.63, 3.8) is 0 Å². The first-order chi connectivity index (χ1) is 13.5. The molecule has 0 aliphatic carbocycles. The lowest BCUT2D eigenvalue weighted by Crippen LogP contribution is -2.29. The molecule has 1 saturated heterocycles. The summed E-state index contributed by atoms with van der Waals surface area (Å²) in [6.45, 7) is 3.05. The van der Waals surface area contributed by atoms with Crippen molar-refractivity contribution in [2.75, 3.05) is 11.4 Å². The summed E-state index contributed by atoms with van der Waals surface area (Å²) < 4.78 is 1.35. The number of benzene rings is 2. The summed E-state index contributed by atoms with van der Waals surface area (Å²) in [4.78, 5) is 30.1. The molecule has 2 aromatic rings. The minimum Gasteiger partial charge on any atom is -0.308 e. The summed E-state index contributed by atoms with van der Waals surface area (Å²) in [5.74, 6) is -0.332. The molecule has 7 heteroatoms. The van der Waals surface area contributed by atoms with E-state index >= 15 is 0 Å². The number of anilines is 1. The van der Waals surface area contributed by atoms with Crippen molar-refractivity contribution in [3.05, 3.63) is 69.0 Å². The van der Waals surface area contributed by atoms with E-state index in [4.69, 9.17) is 12.2 Å². The molecule has 0 radical (unpaired) electrons. The molecule has 0 atom stereocenters. The number of thiocarbonyl (C=S) groups is 1. The fraction of sp³-hybridized carbons (Fsp3) is 0.190. The van der Waals surface area contributed by atoms with E-state index in [0.29, 0.717) is 27.9 Å². The maximum atomic E-state index is 13.2. The third kappa shape index (κ3) is 3.32. The number of hydrogen-bond acceptors (Lipinski definition) is 4. The van der Waals surface area contributed by atoms with Gasteiger partial charge in [-0.15, -0.1) is 0 Å². The number of amides is 2. The van der Waals surface area contributed by atoms with E-state index in [2.05, 4.69) is 15.9 Å². The molecule has 2 amide bonds. The van der Waals surface area contributed by atoms with Gasteiger partial charge in [0.05, 0.1) is 22.7 Å². The number of hydrogen-bond donors (Lipinski definition) is 0. The lowest BCUT2D eigenvalue weighted by molar-refractivity contribution is -0.122. The second-order valence-corrected chi connectivity index (χ2v) is 9.13. The standard InChI is InChI=1S/C21H17BrN2O2S2/c1-2-10-23-16-9-8-14(22)11-15(16)17(19(23)25)18-20(26)24(21(27)28-18)12-13-6-4-3-5-7-13/h3-9,11H,2,10,12H2,1H3/b18-17+. The first-order valence-corrected chi connectivity index (χ1v) is 11.0. The topological polar surface area (TPSA) is 40.6 Å². The van der Waals surface area contributed by atoms with Gasteiger partial charge >= 0.3 is 0 Å². The van der Waals surface area contributed by atoms with Crippen molar-refractivity contribution in [1.29, 1.82) is 0 Å². The average Bonchev–Trinajstić information content (AvgIpc) is 3.10. The van der Waals surface area contributed by atoms with E-state index in [1.54, 1.807) is 9.80 Å². The SMILES string of the molecule is CCCN1C(=O)/C(=C2/SC(=S)N(Cc3ccccc3)C2=O)c2cc(Br)ccc21. The highest BCUT2D eigenvalue weighted by Crippen LogP contribution is 2.45. The number of carbonyl (C=O) groups excluding carboxylic acids is 2. The first kappa shape index (κ1) is 19.4. The quantitative estimate of drug-likeness (QED) is 0.464. The van der Waals surface area contributed by atoms with Crippen LogP contribution in [0.25, 0.3) is 5.57 Å². The molecular weight excluding hydrogens is 456 g/mol. The lowest BCUT2D eigenvalue weighted by atomic mass is 10.1. The third-order valence-electron chi connectivity index (χ3n) is 4.68. The summed E-state index contributed by atoms with van der Waals surface area (Å²) in [6, 6.07) is 15.5. The number of fused-ring (bicyclic) bond motifs is 1. The van der Waals surface area contributed by atoms with Crippen LogP contribution in [0.3, 0.4) is 0 Å². The maximum absolute atomic E-state index is 13.2. The summed E-state index contributed by atoms with van der Waals surface area (Å²) in [6.07, 6.45) is 0.837. The van der Waals surface area contributed by atoms with Crippen LogP contribution in [-0.4, -0.2) is 27.6 Å². The Hall–Kier alpha value is -1.96. The van der Waals surface area contributed by atoms with E-state index in [-0.39, 0.29) is 11.8 Å². The van der Waals surface area contributed by atoms with E-state index in [9.17, 15) is 9.59 Å². The summed E-state index contributed by atoms with van der Waals surface area (Å²) >= 11 is 10.2. The Balaban J connectivity index is 1.76.